The predicted octanol–water partition coefficient (Wildman–Crippen LogP) is 0.804. The number of carbonyl (C=O) groups excluding carboxylic acids is 1. The van der Waals surface area contributed by atoms with Crippen LogP contribution in [0, 0.1) is 17.8 Å². The number of rotatable bonds is 3. The van der Waals surface area contributed by atoms with Crippen LogP contribution < -0.4 is 0 Å². The van der Waals surface area contributed by atoms with E-state index in [9.17, 15) is 4.79 Å². The largest absolute Gasteiger partial charge is 0.469 e. The molecule has 1 aliphatic heterocycles. The van der Waals surface area contributed by atoms with Crippen molar-refractivity contribution in [1.29, 1.82) is 0 Å². The molecule has 2 rings (SSSR count). The van der Waals surface area contributed by atoms with Crippen LogP contribution in [0.2, 0.25) is 0 Å². The second kappa shape index (κ2) is 3.87. The summed E-state index contributed by atoms with van der Waals surface area (Å²) in [5.41, 5.74) is 0. The van der Waals surface area contributed by atoms with Gasteiger partial charge in [0.25, 0.3) is 0 Å². The molecule has 0 aromatic heterocycles. The third-order valence-corrected chi connectivity index (χ3v) is 3.23. The summed E-state index contributed by atoms with van der Waals surface area (Å²) in [7, 11) is 1.44. The number of carbonyl (C=O) groups is 1. The molecule has 4 atom stereocenters. The van der Waals surface area contributed by atoms with Crippen LogP contribution in [0.5, 0.6) is 0 Å². The van der Waals surface area contributed by atoms with Gasteiger partial charge >= 0.3 is 5.97 Å². The summed E-state index contributed by atoms with van der Waals surface area (Å²) in [5.74, 6) is 0.653. The summed E-state index contributed by atoms with van der Waals surface area (Å²) in [4.78, 5) is 11.3. The molecular weight excluding hydrogens is 184 g/mol. The maximum absolute atomic E-state index is 11.3. The minimum absolute atomic E-state index is 0.0375. The molecule has 0 aromatic carbocycles. The van der Waals surface area contributed by atoms with Gasteiger partial charge in [-0.1, -0.05) is 0 Å². The Morgan fingerprint density at radius 1 is 1.50 bits per heavy atom. The van der Waals surface area contributed by atoms with Crippen molar-refractivity contribution in [3.05, 3.63) is 0 Å². The molecule has 0 spiro atoms. The number of esters is 1. The molecule has 1 saturated carbocycles. The monoisotopic (exact) mass is 200 g/mol. The topological polar surface area (TPSA) is 44.8 Å². The Bertz CT molecular complexity index is 228. The van der Waals surface area contributed by atoms with Crippen molar-refractivity contribution >= 4 is 5.97 Å². The van der Waals surface area contributed by atoms with Gasteiger partial charge in [-0.05, 0) is 13.3 Å². The first-order chi connectivity index (χ1) is 6.77. The van der Waals surface area contributed by atoms with Crippen molar-refractivity contribution in [2.45, 2.75) is 19.6 Å². The van der Waals surface area contributed by atoms with E-state index in [2.05, 4.69) is 0 Å². The Labute approximate surface area is 83.5 Å². The highest BCUT2D eigenvalue weighted by molar-refractivity contribution is 5.74. The maximum Gasteiger partial charge on any atom is 0.309 e. The van der Waals surface area contributed by atoms with Crippen LogP contribution >= 0.6 is 0 Å². The summed E-state index contributed by atoms with van der Waals surface area (Å²) in [6, 6.07) is 0. The average molecular weight is 200 g/mol. The Hall–Kier alpha value is -0.610. The fraction of sp³-hybridized carbons (Fsp3) is 0.900. The maximum atomic E-state index is 11.3. The molecule has 1 saturated heterocycles. The van der Waals surface area contributed by atoms with E-state index < -0.39 is 0 Å². The number of fused-ring (bicyclic) bond motifs is 1. The zero-order valence-corrected chi connectivity index (χ0v) is 8.56. The van der Waals surface area contributed by atoms with Crippen molar-refractivity contribution in [3.8, 4) is 0 Å². The lowest BCUT2D eigenvalue weighted by atomic mass is 9.66. The van der Waals surface area contributed by atoms with Gasteiger partial charge in [0.1, 0.15) is 0 Å². The van der Waals surface area contributed by atoms with Crippen LogP contribution in [0.3, 0.4) is 0 Å². The third-order valence-electron chi connectivity index (χ3n) is 3.23. The fourth-order valence-corrected chi connectivity index (χ4v) is 2.39. The Morgan fingerprint density at radius 3 is 2.93 bits per heavy atom. The summed E-state index contributed by atoms with van der Waals surface area (Å²) in [6.45, 7) is 3.25. The molecule has 0 radical (unpaired) electrons. The van der Waals surface area contributed by atoms with Gasteiger partial charge in [-0.25, -0.2) is 0 Å². The first-order valence-electron chi connectivity index (χ1n) is 5.09. The zero-order valence-electron chi connectivity index (χ0n) is 8.56. The van der Waals surface area contributed by atoms with E-state index in [-0.39, 0.29) is 18.2 Å². The molecule has 1 heterocycles. The zero-order chi connectivity index (χ0) is 10.1. The van der Waals surface area contributed by atoms with Crippen LogP contribution in [0.15, 0.2) is 0 Å². The molecule has 80 valence electrons. The lowest BCUT2D eigenvalue weighted by molar-refractivity contribution is -0.160. The first kappa shape index (κ1) is 9.93. The summed E-state index contributed by atoms with van der Waals surface area (Å²) >= 11 is 0. The number of methoxy groups -OCH3 is 1. The van der Waals surface area contributed by atoms with Crippen molar-refractivity contribution in [2.24, 2.45) is 17.8 Å². The van der Waals surface area contributed by atoms with E-state index in [4.69, 9.17) is 14.2 Å². The molecule has 1 aliphatic carbocycles. The molecule has 4 heteroatoms. The molecule has 4 nitrogen and oxygen atoms in total. The van der Waals surface area contributed by atoms with Crippen molar-refractivity contribution in [3.63, 3.8) is 0 Å². The Kier molecular flexibility index (Phi) is 2.74. The van der Waals surface area contributed by atoms with Gasteiger partial charge in [0.05, 0.1) is 19.6 Å². The van der Waals surface area contributed by atoms with E-state index in [1.54, 1.807) is 0 Å². The predicted molar refractivity (Wildman–Crippen MR) is 48.5 cm³/mol. The quantitative estimate of drug-likeness (QED) is 0.632. The first-order valence-corrected chi connectivity index (χ1v) is 5.09. The van der Waals surface area contributed by atoms with Gasteiger partial charge in [-0.3, -0.25) is 4.79 Å². The molecule has 0 bridgehead atoms. The van der Waals surface area contributed by atoms with Crippen LogP contribution in [0.4, 0.5) is 0 Å². The smallest absolute Gasteiger partial charge is 0.309 e. The van der Waals surface area contributed by atoms with E-state index >= 15 is 0 Å². The average Bonchev–Trinajstić information content (AvgIpc) is 2.44. The molecule has 14 heavy (non-hydrogen) atoms. The standard InChI is InChI=1S/C10H16O4/c1-3-13-10-7-4-6(9(11)12-2)8(7)5-14-10/h6-8,10H,3-5H2,1-2H3/t6-,7-,8+,10-/m0/s1. The highest BCUT2D eigenvalue weighted by atomic mass is 16.7. The fourth-order valence-electron chi connectivity index (χ4n) is 2.39. The lowest BCUT2D eigenvalue weighted by Gasteiger charge is -2.38. The van der Waals surface area contributed by atoms with Crippen LogP contribution in [0.25, 0.3) is 0 Å². The molecule has 0 N–H and O–H groups in total. The minimum Gasteiger partial charge on any atom is -0.469 e. The van der Waals surface area contributed by atoms with Crippen molar-refractivity contribution in [2.75, 3.05) is 20.3 Å². The van der Waals surface area contributed by atoms with Gasteiger partial charge in [-0.15, -0.1) is 0 Å². The Morgan fingerprint density at radius 2 is 2.29 bits per heavy atom. The molecule has 0 aromatic rings. The summed E-state index contributed by atoms with van der Waals surface area (Å²) < 4.78 is 15.6. The lowest BCUT2D eigenvalue weighted by Crippen LogP contribution is -2.44. The van der Waals surface area contributed by atoms with E-state index in [1.165, 1.54) is 7.11 Å². The van der Waals surface area contributed by atoms with Gasteiger partial charge in [-0.2, -0.15) is 0 Å². The van der Waals surface area contributed by atoms with Crippen LogP contribution in [-0.4, -0.2) is 32.6 Å². The van der Waals surface area contributed by atoms with Gasteiger partial charge in [0, 0.05) is 18.4 Å². The summed E-state index contributed by atoms with van der Waals surface area (Å²) in [5, 5.41) is 0. The molecular formula is C10H16O4. The highest BCUT2D eigenvalue weighted by Gasteiger charge is 2.54. The van der Waals surface area contributed by atoms with Gasteiger partial charge in [0.2, 0.25) is 0 Å². The van der Waals surface area contributed by atoms with Crippen molar-refractivity contribution < 1.29 is 19.0 Å². The van der Waals surface area contributed by atoms with Crippen molar-refractivity contribution in [1.82, 2.24) is 0 Å². The number of ether oxygens (including phenoxy) is 3. The van der Waals surface area contributed by atoms with Gasteiger partial charge in [0.15, 0.2) is 6.29 Å². The van der Waals surface area contributed by atoms with Crippen LogP contribution in [0.1, 0.15) is 13.3 Å². The second-order valence-corrected chi connectivity index (χ2v) is 3.85. The SMILES string of the molecule is CCO[C@H]1OC[C@H]2[C@@H]1C[C@@H]2C(=O)OC. The molecule has 2 fully saturated rings. The van der Waals surface area contributed by atoms with E-state index in [0.29, 0.717) is 25.0 Å². The van der Waals surface area contributed by atoms with E-state index in [1.807, 2.05) is 6.92 Å². The van der Waals surface area contributed by atoms with Crippen LogP contribution in [-0.2, 0) is 19.0 Å². The minimum atomic E-state index is -0.105. The molecule has 2 aliphatic rings. The highest BCUT2D eigenvalue weighted by Crippen LogP contribution is 2.48. The van der Waals surface area contributed by atoms with E-state index in [0.717, 1.165) is 6.42 Å². The van der Waals surface area contributed by atoms with Gasteiger partial charge < -0.3 is 14.2 Å². The molecule has 0 amide bonds. The third kappa shape index (κ3) is 1.42. The molecule has 0 unspecified atom stereocenters. The summed E-state index contributed by atoms with van der Waals surface area (Å²) in [6.07, 6.45) is 0.757. The Balaban J connectivity index is 1.89. The number of hydrogen-bond acceptors (Lipinski definition) is 4. The normalized spacial score (nSPS) is 40.1. The second-order valence-electron chi connectivity index (χ2n) is 3.85. The number of hydrogen-bond donors (Lipinski definition) is 0.